The molecule has 0 N–H and O–H groups in total. The summed E-state index contributed by atoms with van der Waals surface area (Å²) in [5.74, 6) is 0. The highest BCUT2D eigenvalue weighted by Crippen LogP contribution is 2.48. The molecule has 0 unspecified atom stereocenters. The van der Waals surface area contributed by atoms with Crippen LogP contribution in [0.4, 0.5) is 17.1 Å². The van der Waals surface area contributed by atoms with Crippen molar-refractivity contribution in [3.05, 3.63) is 200 Å². The van der Waals surface area contributed by atoms with Crippen molar-refractivity contribution in [2.24, 2.45) is 0 Å². The minimum atomic E-state index is 1.10. The average molecular weight is 680 g/mol. The van der Waals surface area contributed by atoms with E-state index < -0.39 is 0 Å². The summed E-state index contributed by atoms with van der Waals surface area (Å²) in [5, 5.41) is 7.60. The number of thiophene rings is 1. The number of anilines is 3. The van der Waals surface area contributed by atoms with Gasteiger partial charge in [-0.15, -0.1) is 11.3 Å². The van der Waals surface area contributed by atoms with Gasteiger partial charge in [0.2, 0.25) is 0 Å². The SMILES string of the molecule is c1ccc(N(c2ccc(-c3cccc4ccccc34)cc2)c2ccccc2-c2cccc3sc4ccccc4c23)c(-c2ccc3ccccc3c2)c1. The number of nitrogens with zero attached hydrogens (tertiary/aromatic N) is 1. The maximum atomic E-state index is 2.46. The Kier molecular flexibility index (Phi) is 7.41. The molecular weight excluding hydrogens is 647 g/mol. The van der Waals surface area contributed by atoms with Crippen LogP contribution < -0.4 is 4.90 Å². The minimum Gasteiger partial charge on any atom is -0.309 e. The van der Waals surface area contributed by atoms with Crippen molar-refractivity contribution < 1.29 is 0 Å². The molecular formula is C50H33NS. The summed E-state index contributed by atoms with van der Waals surface area (Å²) in [6.07, 6.45) is 0. The first-order valence-corrected chi connectivity index (χ1v) is 18.6. The van der Waals surface area contributed by atoms with Gasteiger partial charge in [0.15, 0.2) is 0 Å². The van der Waals surface area contributed by atoms with E-state index in [1.54, 1.807) is 0 Å². The van der Waals surface area contributed by atoms with Gasteiger partial charge in [-0.3, -0.25) is 0 Å². The second-order valence-electron chi connectivity index (χ2n) is 13.3. The Bertz CT molecular complexity index is 2910. The van der Waals surface area contributed by atoms with Crippen molar-refractivity contribution in [3.8, 4) is 33.4 Å². The summed E-state index contributed by atoms with van der Waals surface area (Å²) in [7, 11) is 0. The summed E-state index contributed by atoms with van der Waals surface area (Å²) in [6.45, 7) is 0. The summed E-state index contributed by atoms with van der Waals surface area (Å²) >= 11 is 1.86. The lowest BCUT2D eigenvalue weighted by molar-refractivity contribution is 1.28. The van der Waals surface area contributed by atoms with Crippen molar-refractivity contribution >= 4 is 70.1 Å². The zero-order valence-corrected chi connectivity index (χ0v) is 29.2. The molecule has 0 saturated carbocycles. The standard InChI is InChI=1S/C50H33NS/c1-2-15-37-33-38(28-27-34(37)13-1)42-18-5-8-23-46(42)51(39-31-29-36(30-32-39)41-21-11-16-35-14-3-4-17-40(35)41)47-24-9-6-19-43(47)44-22-12-26-49-50(44)45-20-7-10-25-48(45)52-49/h1-33H. The number of hydrogen-bond donors (Lipinski definition) is 0. The van der Waals surface area contributed by atoms with E-state index >= 15 is 0 Å². The molecule has 0 spiro atoms. The Balaban J connectivity index is 1.20. The van der Waals surface area contributed by atoms with Gasteiger partial charge in [-0.05, 0) is 86.3 Å². The number of rotatable bonds is 6. The first-order chi connectivity index (χ1) is 25.8. The van der Waals surface area contributed by atoms with Crippen LogP contribution in [-0.4, -0.2) is 0 Å². The van der Waals surface area contributed by atoms with Gasteiger partial charge in [-0.25, -0.2) is 0 Å². The lowest BCUT2D eigenvalue weighted by Crippen LogP contribution is -2.12. The van der Waals surface area contributed by atoms with Gasteiger partial charge in [0.05, 0.1) is 11.4 Å². The number of benzene rings is 9. The highest BCUT2D eigenvalue weighted by molar-refractivity contribution is 7.25. The lowest BCUT2D eigenvalue weighted by Gasteiger charge is -2.30. The molecule has 1 aromatic heterocycles. The number of hydrogen-bond acceptors (Lipinski definition) is 2. The molecule has 9 aromatic carbocycles. The summed E-state index contributed by atoms with van der Waals surface area (Å²) < 4.78 is 2.61. The van der Waals surface area contributed by atoms with Gasteiger partial charge in [0.25, 0.3) is 0 Å². The largest absolute Gasteiger partial charge is 0.309 e. The van der Waals surface area contributed by atoms with E-state index in [2.05, 4.69) is 205 Å². The van der Waals surface area contributed by atoms with E-state index in [9.17, 15) is 0 Å². The molecule has 0 fully saturated rings. The third kappa shape index (κ3) is 5.16. The van der Waals surface area contributed by atoms with E-state index in [1.165, 1.54) is 75.1 Å². The maximum Gasteiger partial charge on any atom is 0.0540 e. The Morgan fingerprint density at radius 3 is 1.73 bits per heavy atom. The summed E-state index contributed by atoms with van der Waals surface area (Å²) in [6, 6.07) is 73.0. The first kappa shape index (κ1) is 30.4. The molecule has 10 aromatic rings. The summed E-state index contributed by atoms with van der Waals surface area (Å²) in [4.78, 5) is 2.46. The quantitative estimate of drug-likeness (QED) is 0.169. The molecule has 0 aliphatic heterocycles. The highest BCUT2D eigenvalue weighted by Gasteiger charge is 2.22. The number of fused-ring (bicyclic) bond motifs is 5. The predicted octanol–water partition coefficient (Wildman–Crippen LogP) is 14.8. The molecule has 0 radical (unpaired) electrons. The molecule has 2 heteroatoms. The van der Waals surface area contributed by atoms with Crippen LogP contribution in [0.5, 0.6) is 0 Å². The zero-order chi connectivity index (χ0) is 34.4. The first-order valence-electron chi connectivity index (χ1n) is 17.8. The molecule has 1 heterocycles. The highest BCUT2D eigenvalue weighted by atomic mass is 32.1. The summed E-state index contributed by atoms with van der Waals surface area (Å²) in [5.41, 5.74) is 10.6. The second kappa shape index (κ2) is 12.7. The normalized spacial score (nSPS) is 11.5. The van der Waals surface area contributed by atoms with Crippen molar-refractivity contribution in [2.45, 2.75) is 0 Å². The van der Waals surface area contributed by atoms with Crippen molar-refractivity contribution in [1.82, 2.24) is 0 Å². The van der Waals surface area contributed by atoms with Gasteiger partial charge < -0.3 is 4.90 Å². The van der Waals surface area contributed by atoms with E-state index in [-0.39, 0.29) is 0 Å². The molecule has 0 aliphatic rings. The zero-order valence-electron chi connectivity index (χ0n) is 28.4. The topological polar surface area (TPSA) is 3.24 Å². The second-order valence-corrected chi connectivity index (χ2v) is 14.4. The van der Waals surface area contributed by atoms with Crippen LogP contribution in [0.2, 0.25) is 0 Å². The molecule has 0 bridgehead atoms. The van der Waals surface area contributed by atoms with Gasteiger partial charge >= 0.3 is 0 Å². The van der Waals surface area contributed by atoms with Crippen molar-refractivity contribution in [3.63, 3.8) is 0 Å². The predicted molar refractivity (Wildman–Crippen MR) is 225 cm³/mol. The molecule has 0 atom stereocenters. The van der Waals surface area contributed by atoms with E-state index in [0.717, 1.165) is 17.1 Å². The van der Waals surface area contributed by atoms with Gasteiger partial charge in [0.1, 0.15) is 0 Å². The Hall–Kier alpha value is -6.48. The van der Waals surface area contributed by atoms with E-state index in [0.29, 0.717) is 0 Å². The third-order valence-electron chi connectivity index (χ3n) is 10.3. The Labute approximate surface area is 307 Å². The van der Waals surface area contributed by atoms with E-state index in [4.69, 9.17) is 0 Å². The van der Waals surface area contributed by atoms with Crippen molar-refractivity contribution in [2.75, 3.05) is 4.90 Å². The van der Waals surface area contributed by atoms with Gasteiger partial charge in [0, 0.05) is 37.0 Å². The monoisotopic (exact) mass is 679 g/mol. The fraction of sp³-hybridized carbons (Fsp3) is 0. The minimum absolute atomic E-state index is 1.10. The average Bonchev–Trinajstić information content (AvgIpc) is 3.60. The van der Waals surface area contributed by atoms with Crippen LogP contribution in [0.3, 0.4) is 0 Å². The maximum absolute atomic E-state index is 2.46. The van der Waals surface area contributed by atoms with Crippen LogP contribution in [0, 0.1) is 0 Å². The van der Waals surface area contributed by atoms with E-state index in [1.807, 2.05) is 11.3 Å². The molecule has 10 rings (SSSR count). The smallest absolute Gasteiger partial charge is 0.0540 e. The van der Waals surface area contributed by atoms with Gasteiger partial charge in [-0.2, -0.15) is 0 Å². The molecule has 1 nitrogen and oxygen atoms in total. The van der Waals surface area contributed by atoms with Crippen LogP contribution in [0.25, 0.3) is 75.1 Å². The van der Waals surface area contributed by atoms with Crippen LogP contribution in [-0.2, 0) is 0 Å². The molecule has 244 valence electrons. The fourth-order valence-electron chi connectivity index (χ4n) is 7.84. The Morgan fingerprint density at radius 1 is 0.327 bits per heavy atom. The fourth-order valence-corrected chi connectivity index (χ4v) is 8.97. The third-order valence-corrected chi connectivity index (χ3v) is 11.4. The van der Waals surface area contributed by atoms with Gasteiger partial charge in [-0.1, -0.05) is 158 Å². The molecule has 0 amide bonds. The number of para-hydroxylation sites is 2. The Morgan fingerprint density at radius 2 is 0.885 bits per heavy atom. The van der Waals surface area contributed by atoms with Crippen LogP contribution in [0.1, 0.15) is 0 Å². The molecule has 52 heavy (non-hydrogen) atoms. The lowest BCUT2D eigenvalue weighted by atomic mass is 9.95. The van der Waals surface area contributed by atoms with Crippen LogP contribution in [0.15, 0.2) is 200 Å². The molecule has 0 aliphatic carbocycles. The van der Waals surface area contributed by atoms with Crippen molar-refractivity contribution in [1.29, 1.82) is 0 Å². The van der Waals surface area contributed by atoms with Crippen LogP contribution >= 0.6 is 11.3 Å². The molecule has 0 saturated heterocycles.